The number of amides is 1. The Hall–Kier alpha value is -3.13. The fourth-order valence-corrected chi connectivity index (χ4v) is 3.23. The maximum atomic E-state index is 12.3. The number of para-hydroxylation sites is 2. The minimum Gasteiger partial charge on any atom is -0.486 e. The van der Waals surface area contributed by atoms with Gasteiger partial charge in [0.25, 0.3) is 5.91 Å². The molecule has 2 aliphatic rings. The molecule has 8 nitrogen and oxygen atoms in total. The summed E-state index contributed by atoms with van der Waals surface area (Å²) in [5, 5.41) is 0.241. The first kappa shape index (κ1) is 19.2. The van der Waals surface area contributed by atoms with Gasteiger partial charge in [-0.2, -0.15) is 0 Å². The van der Waals surface area contributed by atoms with Gasteiger partial charge in [-0.05, 0) is 24.3 Å². The van der Waals surface area contributed by atoms with Crippen LogP contribution in [0.1, 0.15) is 10.4 Å². The molecule has 1 atom stereocenters. The number of ether oxygens (including phenoxy) is 5. The molecule has 2 heterocycles. The number of esters is 1. The summed E-state index contributed by atoms with van der Waals surface area (Å²) in [5.41, 5.74) is 0.176. The van der Waals surface area contributed by atoms with Gasteiger partial charge in [-0.3, -0.25) is 4.79 Å². The molecule has 29 heavy (non-hydrogen) atoms. The fraction of sp³-hybridized carbons (Fsp3) is 0.300. The second-order valence-electron chi connectivity index (χ2n) is 6.54. The standard InChI is InChI=1S/C20H18ClNO7/c1-22(8-13-9-25-15-4-2-3-5-16(15)29-13)18(23)10-26-20(24)12-6-14(21)19-17(7-12)27-11-28-19/h2-7,13H,8-11H2,1H3/t13-/m0/s1. The normalized spacial score (nSPS) is 16.3. The van der Waals surface area contributed by atoms with Crippen LogP contribution >= 0.6 is 11.6 Å². The summed E-state index contributed by atoms with van der Waals surface area (Å²) in [7, 11) is 1.61. The van der Waals surface area contributed by atoms with E-state index < -0.39 is 12.6 Å². The number of benzene rings is 2. The van der Waals surface area contributed by atoms with Gasteiger partial charge >= 0.3 is 5.97 Å². The highest BCUT2D eigenvalue weighted by Crippen LogP contribution is 2.39. The van der Waals surface area contributed by atoms with Gasteiger partial charge in [0.15, 0.2) is 35.7 Å². The third-order valence-electron chi connectivity index (χ3n) is 4.46. The van der Waals surface area contributed by atoms with E-state index in [-0.39, 0.29) is 29.4 Å². The lowest BCUT2D eigenvalue weighted by atomic mass is 10.2. The fourth-order valence-electron chi connectivity index (χ4n) is 2.97. The molecule has 0 aromatic heterocycles. The maximum Gasteiger partial charge on any atom is 0.338 e. The van der Waals surface area contributed by atoms with Crippen molar-refractivity contribution in [1.82, 2.24) is 4.90 Å². The van der Waals surface area contributed by atoms with Crippen molar-refractivity contribution in [2.75, 3.05) is 33.6 Å². The zero-order valence-electron chi connectivity index (χ0n) is 15.6. The van der Waals surface area contributed by atoms with E-state index in [1.54, 1.807) is 7.05 Å². The molecule has 0 aliphatic carbocycles. The van der Waals surface area contributed by atoms with Crippen LogP contribution in [0.2, 0.25) is 5.02 Å². The van der Waals surface area contributed by atoms with E-state index in [0.29, 0.717) is 36.1 Å². The van der Waals surface area contributed by atoms with E-state index in [0.717, 1.165) is 0 Å². The number of carbonyl (C=O) groups excluding carboxylic acids is 2. The molecule has 9 heteroatoms. The van der Waals surface area contributed by atoms with Gasteiger partial charge in [-0.15, -0.1) is 0 Å². The Bertz CT molecular complexity index is 948. The zero-order valence-corrected chi connectivity index (χ0v) is 16.3. The van der Waals surface area contributed by atoms with E-state index in [2.05, 4.69) is 0 Å². The van der Waals surface area contributed by atoms with Gasteiger partial charge in [-0.25, -0.2) is 4.79 Å². The zero-order chi connectivity index (χ0) is 20.4. The Labute approximate surface area is 171 Å². The van der Waals surface area contributed by atoms with Crippen molar-refractivity contribution in [1.29, 1.82) is 0 Å². The Kier molecular flexibility index (Phi) is 5.35. The first-order valence-electron chi connectivity index (χ1n) is 8.90. The van der Waals surface area contributed by atoms with Gasteiger partial charge in [-0.1, -0.05) is 23.7 Å². The van der Waals surface area contributed by atoms with E-state index in [1.165, 1.54) is 17.0 Å². The summed E-state index contributed by atoms with van der Waals surface area (Å²) in [6, 6.07) is 10.2. The highest BCUT2D eigenvalue weighted by molar-refractivity contribution is 6.32. The number of fused-ring (bicyclic) bond motifs is 2. The molecule has 0 fully saturated rings. The summed E-state index contributed by atoms with van der Waals surface area (Å²) in [4.78, 5) is 26.0. The number of hydrogen-bond acceptors (Lipinski definition) is 7. The van der Waals surface area contributed by atoms with Crippen LogP contribution in [0.25, 0.3) is 0 Å². The first-order chi connectivity index (χ1) is 14.0. The van der Waals surface area contributed by atoms with Crippen molar-refractivity contribution in [2.24, 2.45) is 0 Å². The van der Waals surface area contributed by atoms with Crippen molar-refractivity contribution in [3.05, 3.63) is 47.0 Å². The monoisotopic (exact) mass is 419 g/mol. The number of carbonyl (C=O) groups is 2. The van der Waals surface area contributed by atoms with Crippen LogP contribution in [-0.4, -0.2) is 56.5 Å². The van der Waals surface area contributed by atoms with Crippen LogP contribution in [0.3, 0.4) is 0 Å². The molecule has 0 saturated heterocycles. The molecule has 1 amide bonds. The summed E-state index contributed by atoms with van der Waals surface area (Å²) >= 11 is 6.06. The summed E-state index contributed by atoms with van der Waals surface area (Å²) in [6.07, 6.45) is -0.317. The molecule has 0 radical (unpaired) electrons. The van der Waals surface area contributed by atoms with Gasteiger partial charge in [0.2, 0.25) is 6.79 Å². The van der Waals surface area contributed by atoms with Crippen molar-refractivity contribution in [3.8, 4) is 23.0 Å². The largest absolute Gasteiger partial charge is 0.486 e. The predicted molar refractivity (Wildman–Crippen MR) is 102 cm³/mol. The molecule has 2 aromatic rings. The van der Waals surface area contributed by atoms with E-state index in [9.17, 15) is 9.59 Å². The topological polar surface area (TPSA) is 83.5 Å². The number of hydrogen-bond donors (Lipinski definition) is 0. The van der Waals surface area contributed by atoms with Crippen LogP contribution in [0.5, 0.6) is 23.0 Å². The second-order valence-corrected chi connectivity index (χ2v) is 6.95. The number of likely N-dealkylation sites (N-methyl/N-ethyl adjacent to an activating group) is 1. The highest BCUT2D eigenvalue weighted by atomic mass is 35.5. The van der Waals surface area contributed by atoms with Gasteiger partial charge in [0.05, 0.1) is 17.1 Å². The molecule has 0 bridgehead atoms. The third-order valence-corrected chi connectivity index (χ3v) is 4.74. The van der Waals surface area contributed by atoms with Crippen molar-refractivity contribution in [3.63, 3.8) is 0 Å². The smallest absolute Gasteiger partial charge is 0.338 e. The van der Waals surface area contributed by atoms with Crippen LogP contribution in [-0.2, 0) is 9.53 Å². The predicted octanol–water partition coefficient (Wildman–Crippen LogP) is 2.52. The van der Waals surface area contributed by atoms with Crippen molar-refractivity contribution >= 4 is 23.5 Å². The summed E-state index contributed by atoms with van der Waals surface area (Å²) < 4.78 is 27.0. The maximum absolute atomic E-state index is 12.3. The molecule has 0 unspecified atom stereocenters. The number of nitrogens with zero attached hydrogens (tertiary/aromatic N) is 1. The average Bonchev–Trinajstić information content (AvgIpc) is 3.21. The molecule has 2 aromatic carbocycles. The minimum atomic E-state index is -0.682. The Morgan fingerprint density at radius 1 is 1.14 bits per heavy atom. The lowest BCUT2D eigenvalue weighted by Gasteiger charge is -2.29. The average molecular weight is 420 g/mol. The molecule has 4 rings (SSSR count). The Morgan fingerprint density at radius 3 is 2.76 bits per heavy atom. The molecular weight excluding hydrogens is 402 g/mol. The van der Waals surface area contributed by atoms with Crippen LogP contribution in [0, 0.1) is 0 Å². The Balaban J connectivity index is 1.29. The summed E-state index contributed by atoms with van der Waals surface area (Å²) in [5.74, 6) is 1.01. The van der Waals surface area contributed by atoms with E-state index in [4.69, 9.17) is 35.3 Å². The lowest BCUT2D eigenvalue weighted by Crippen LogP contribution is -2.43. The SMILES string of the molecule is CN(C[C@H]1COc2ccccc2O1)C(=O)COC(=O)c1cc(Cl)c2c(c1)OCO2. The van der Waals surface area contributed by atoms with Crippen LogP contribution < -0.4 is 18.9 Å². The molecular formula is C20H18ClNO7. The van der Waals surface area contributed by atoms with E-state index >= 15 is 0 Å². The number of halogens is 1. The lowest BCUT2D eigenvalue weighted by molar-refractivity contribution is -0.134. The second kappa shape index (κ2) is 8.08. The van der Waals surface area contributed by atoms with Crippen LogP contribution in [0.15, 0.2) is 36.4 Å². The first-order valence-corrected chi connectivity index (χ1v) is 9.28. The highest BCUT2D eigenvalue weighted by Gasteiger charge is 2.25. The van der Waals surface area contributed by atoms with Crippen molar-refractivity contribution in [2.45, 2.75) is 6.10 Å². The molecule has 152 valence electrons. The minimum absolute atomic E-state index is 0.0360. The quantitative estimate of drug-likeness (QED) is 0.688. The van der Waals surface area contributed by atoms with E-state index in [1.807, 2.05) is 24.3 Å². The molecule has 0 N–H and O–H groups in total. The number of rotatable bonds is 5. The van der Waals surface area contributed by atoms with Crippen LogP contribution in [0.4, 0.5) is 0 Å². The van der Waals surface area contributed by atoms with Gasteiger partial charge < -0.3 is 28.6 Å². The third kappa shape index (κ3) is 4.17. The van der Waals surface area contributed by atoms with Gasteiger partial charge in [0.1, 0.15) is 6.61 Å². The molecule has 0 saturated carbocycles. The summed E-state index contributed by atoms with van der Waals surface area (Å²) in [6.45, 7) is 0.241. The molecule has 2 aliphatic heterocycles. The Morgan fingerprint density at radius 2 is 1.93 bits per heavy atom. The molecule has 0 spiro atoms. The van der Waals surface area contributed by atoms with Crippen molar-refractivity contribution < 1.29 is 33.3 Å². The van der Waals surface area contributed by atoms with Gasteiger partial charge in [0, 0.05) is 7.05 Å².